The summed E-state index contributed by atoms with van der Waals surface area (Å²) in [5.41, 5.74) is 1.61. The number of carbonyl (C=O) groups is 1. The molecule has 1 spiro atoms. The van der Waals surface area contributed by atoms with Crippen LogP contribution in [0.2, 0.25) is 0 Å². The van der Waals surface area contributed by atoms with E-state index in [4.69, 9.17) is 4.74 Å². The number of carbonyl (C=O) groups excluding carboxylic acids is 1. The van der Waals surface area contributed by atoms with Gasteiger partial charge in [0.2, 0.25) is 0 Å². The zero-order valence-corrected chi connectivity index (χ0v) is 19.2. The fourth-order valence-corrected chi connectivity index (χ4v) is 8.85. The van der Waals surface area contributed by atoms with E-state index in [9.17, 15) is 4.79 Å². The van der Waals surface area contributed by atoms with Crippen molar-refractivity contribution >= 4 is 12.2 Å². The molecule has 0 aromatic heterocycles. The first-order valence-electron chi connectivity index (χ1n) is 12.0. The first-order valence-corrected chi connectivity index (χ1v) is 12.0. The molecule has 0 saturated heterocycles. The van der Waals surface area contributed by atoms with E-state index in [2.05, 4.69) is 31.3 Å². The summed E-state index contributed by atoms with van der Waals surface area (Å²) in [6.45, 7) is 14.2. The van der Waals surface area contributed by atoms with Gasteiger partial charge in [0.05, 0.1) is 10.8 Å². The summed E-state index contributed by atoms with van der Waals surface area (Å²) in [6.07, 6.45) is 12.8. The Morgan fingerprint density at radius 3 is 2.62 bits per heavy atom. The second-order valence-electron chi connectivity index (χ2n) is 12.6. The van der Waals surface area contributed by atoms with Crippen molar-refractivity contribution in [1.82, 2.24) is 0 Å². The molecule has 29 heavy (non-hydrogen) atoms. The lowest BCUT2D eigenvalue weighted by atomic mass is 9.35. The lowest BCUT2D eigenvalue weighted by Gasteiger charge is -2.69. The standard InChI is InChI=1S/C26H40NO2/c1-17-18-8-12-25(21(17)29-22(28)23(2,3)4)13-9-19-24(5)10-7-11-26(19,20(25)14-18)16-27(6)15-24/h16,18-21H,1,7-15H2,2-6H3/q+1/t18-,19-,20+,21-,24-,25-,26-/m1/s1. The van der Waals surface area contributed by atoms with E-state index >= 15 is 0 Å². The monoisotopic (exact) mass is 398 g/mol. The number of fused-ring (bicyclic) bond motifs is 2. The molecule has 0 amide bonds. The number of hydrogen-bond donors (Lipinski definition) is 0. The van der Waals surface area contributed by atoms with Crippen LogP contribution in [-0.2, 0) is 9.53 Å². The van der Waals surface area contributed by atoms with Crippen LogP contribution in [0.1, 0.15) is 79.1 Å². The Hall–Kier alpha value is -1.12. The van der Waals surface area contributed by atoms with Crippen LogP contribution < -0.4 is 0 Å². The highest BCUT2D eigenvalue weighted by Gasteiger charge is 2.71. The molecule has 6 rings (SSSR count). The van der Waals surface area contributed by atoms with E-state index in [-0.39, 0.29) is 17.5 Å². The first-order chi connectivity index (χ1) is 13.5. The molecular formula is C26H40NO2+. The van der Waals surface area contributed by atoms with E-state index in [0.29, 0.717) is 22.7 Å². The van der Waals surface area contributed by atoms with E-state index in [1.165, 1.54) is 63.5 Å². The van der Waals surface area contributed by atoms with Crippen molar-refractivity contribution in [3.63, 3.8) is 0 Å². The second-order valence-corrected chi connectivity index (χ2v) is 12.6. The van der Waals surface area contributed by atoms with Gasteiger partial charge in [-0.2, -0.15) is 0 Å². The van der Waals surface area contributed by atoms with Crippen LogP contribution in [0.3, 0.4) is 0 Å². The van der Waals surface area contributed by atoms with Crippen molar-refractivity contribution in [2.45, 2.75) is 85.2 Å². The molecule has 6 aliphatic rings. The summed E-state index contributed by atoms with van der Waals surface area (Å²) >= 11 is 0. The number of hydrogen-bond acceptors (Lipinski definition) is 2. The third-order valence-corrected chi connectivity index (χ3v) is 9.86. The van der Waals surface area contributed by atoms with Crippen LogP contribution in [0.25, 0.3) is 0 Å². The molecule has 0 radical (unpaired) electrons. The topological polar surface area (TPSA) is 29.3 Å². The highest BCUT2D eigenvalue weighted by Crippen LogP contribution is 2.72. The maximum atomic E-state index is 12.9. The molecule has 3 nitrogen and oxygen atoms in total. The van der Waals surface area contributed by atoms with Gasteiger partial charge in [-0.05, 0) is 89.0 Å². The Morgan fingerprint density at radius 1 is 1.17 bits per heavy atom. The van der Waals surface area contributed by atoms with E-state index in [1.54, 1.807) is 0 Å². The van der Waals surface area contributed by atoms with Crippen molar-refractivity contribution in [3.8, 4) is 0 Å². The van der Waals surface area contributed by atoms with Crippen molar-refractivity contribution < 1.29 is 14.1 Å². The molecule has 1 heterocycles. The molecule has 5 fully saturated rings. The third kappa shape index (κ3) is 2.54. The van der Waals surface area contributed by atoms with Crippen LogP contribution in [-0.4, -0.2) is 36.5 Å². The van der Waals surface area contributed by atoms with Crippen LogP contribution >= 0.6 is 0 Å². The molecule has 5 aliphatic carbocycles. The quantitative estimate of drug-likeness (QED) is 0.344. The molecular weight excluding hydrogens is 358 g/mol. The molecule has 0 N–H and O–H groups in total. The van der Waals surface area contributed by atoms with Crippen molar-refractivity contribution in [3.05, 3.63) is 12.2 Å². The van der Waals surface area contributed by atoms with Gasteiger partial charge in [0, 0.05) is 10.8 Å². The summed E-state index contributed by atoms with van der Waals surface area (Å²) < 4.78 is 8.88. The second kappa shape index (κ2) is 5.98. The number of rotatable bonds is 1. The van der Waals surface area contributed by atoms with Gasteiger partial charge in [-0.25, -0.2) is 4.58 Å². The van der Waals surface area contributed by atoms with Gasteiger partial charge in [-0.3, -0.25) is 4.79 Å². The van der Waals surface area contributed by atoms with Crippen LogP contribution in [0.4, 0.5) is 0 Å². The van der Waals surface area contributed by atoms with Gasteiger partial charge in [0.15, 0.2) is 0 Å². The predicted octanol–water partition coefficient (Wildman–Crippen LogP) is 5.23. The van der Waals surface area contributed by atoms with Crippen LogP contribution in [0.15, 0.2) is 12.2 Å². The van der Waals surface area contributed by atoms with Crippen LogP contribution in [0.5, 0.6) is 0 Å². The predicted molar refractivity (Wildman–Crippen MR) is 116 cm³/mol. The Kier molecular flexibility index (Phi) is 4.09. The zero-order valence-electron chi connectivity index (χ0n) is 19.2. The summed E-state index contributed by atoms with van der Waals surface area (Å²) in [5.74, 6) is 1.91. The van der Waals surface area contributed by atoms with Crippen LogP contribution in [0, 0.1) is 39.4 Å². The summed E-state index contributed by atoms with van der Waals surface area (Å²) in [7, 11) is 2.29. The molecule has 0 aromatic rings. The van der Waals surface area contributed by atoms with Gasteiger partial charge < -0.3 is 4.74 Å². The molecule has 0 aromatic carbocycles. The Morgan fingerprint density at radius 2 is 1.90 bits per heavy atom. The normalized spacial score (nSPS) is 48.4. The third-order valence-electron chi connectivity index (χ3n) is 9.86. The van der Waals surface area contributed by atoms with Gasteiger partial charge in [0.25, 0.3) is 0 Å². The summed E-state index contributed by atoms with van der Waals surface area (Å²) in [5, 5.41) is 0. The first kappa shape index (κ1) is 19.8. The average Bonchev–Trinajstić information content (AvgIpc) is 2.62. The summed E-state index contributed by atoms with van der Waals surface area (Å²) in [4.78, 5) is 12.9. The molecule has 3 heteroatoms. The average molecular weight is 399 g/mol. The Labute approximate surface area is 177 Å². The maximum absolute atomic E-state index is 12.9. The van der Waals surface area contributed by atoms with E-state index in [0.717, 1.165) is 5.92 Å². The van der Waals surface area contributed by atoms with Crippen molar-refractivity contribution in [2.75, 3.05) is 13.6 Å². The van der Waals surface area contributed by atoms with Gasteiger partial charge in [-0.1, -0.05) is 19.9 Å². The maximum Gasteiger partial charge on any atom is 0.311 e. The Bertz CT molecular complexity index is 791. The molecule has 0 unspecified atom stereocenters. The zero-order chi connectivity index (χ0) is 20.8. The smallest absolute Gasteiger partial charge is 0.311 e. The molecule has 1 aliphatic heterocycles. The number of esters is 1. The highest BCUT2D eigenvalue weighted by molar-refractivity contribution is 5.76. The molecule has 7 atom stereocenters. The van der Waals surface area contributed by atoms with E-state index < -0.39 is 5.41 Å². The minimum absolute atomic E-state index is 0.0535. The largest absolute Gasteiger partial charge is 0.457 e. The fraction of sp³-hybridized carbons (Fsp3) is 0.846. The fourth-order valence-electron chi connectivity index (χ4n) is 8.85. The lowest BCUT2D eigenvalue weighted by molar-refractivity contribution is -0.531. The van der Waals surface area contributed by atoms with Crippen molar-refractivity contribution in [1.29, 1.82) is 0 Å². The SMILES string of the molecule is C=C1[C@@H]2CC[C@]3(CC[C@@H]4[C@]5(C)CCC[C@]4(C=[N+](C)C5)[C@H]3C2)[C@@H]1OC(=O)C(C)(C)C. The van der Waals surface area contributed by atoms with Gasteiger partial charge >= 0.3 is 5.97 Å². The summed E-state index contributed by atoms with van der Waals surface area (Å²) in [6, 6.07) is 0. The molecule has 160 valence electrons. The molecule has 4 bridgehead atoms. The van der Waals surface area contributed by atoms with Gasteiger partial charge in [0.1, 0.15) is 25.9 Å². The Balaban J connectivity index is 1.59. The van der Waals surface area contributed by atoms with Crippen molar-refractivity contribution in [2.24, 2.45) is 39.4 Å². The molecule has 5 saturated carbocycles. The minimum Gasteiger partial charge on any atom is -0.457 e. The minimum atomic E-state index is -0.459. The highest BCUT2D eigenvalue weighted by atomic mass is 16.5. The number of ether oxygens (including phenoxy) is 1. The lowest BCUT2D eigenvalue weighted by Crippen LogP contribution is -2.68. The van der Waals surface area contributed by atoms with E-state index in [1.807, 2.05) is 20.8 Å². The number of nitrogens with zero attached hydrogens (tertiary/aromatic N) is 1. The van der Waals surface area contributed by atoms with Gasteiger partial charge in [-0.15, -0.1) is 0 Å².